The molecule has 210 valence electrons. The van der Waals surface area contributed by atoms with E-state index in [4.69, 9.17) is 10.5 Å². The van der Waals surface area contributed by atoms with Crippen LogP contribution >= 0.6 is 0 Å². The van der Waals surface area contributed by atoms with Crippen molar-refractivity contribution in [3.8, 4) is 11.6 Å². The summed E-state index contributed by atoms with van der Waals surface area (Å²) in [5.74, 6) is 0.685. The lowest BCUT2D eigenvalue weighted by atomic mass is 9.76. The Labute approximate surface area is 230 Å². The molecule has 1 aliphatic rings. The molecule has 0 saturated heterocycles. The number of halogens is 1. The molecule has 0 aromatic carbocycles. The zero-order chi connectivity index (χ0) is 28.4. The van der Waals surface area contributed by atoms with Gasteiger partial charge in [0, 0.05) is 37.1 Å². The minimum absolute atomic E-state index is 0.0628. The Morgan fingerprint density at radius 1 is 1.27 bits per heavy atom. The van der Waals surface area contributed by atoms with Crippen molar-refractivity contribution in [2.45, 2.75) is 57.1 Å². The maximum atomic E-state index is 13.4. The van der Waals surface area contributed by atoms with Gasteiger partial charge in [-0.3, -0.25) is 9.89 Å². The van der Waals surface area contributed by atoms with E-state index in [1.807, 2.05) is 26.0 Å². The molecule has 0 unspecified atom stereocenters. The molecular formula is C27H32FN9O3. The molecule has 1 fully saturated rings. The Balaban J connectivity index is 1.24. The predicted molar refractivity (Wildman–Crippen MR) is 146 cm³/mol. The number of nitrogens with one attached hydrogen (secondary N) is 3. The maximum absolute atomic E-state index is 13.4. The standard InChI is InChI=1S/C27H32FN9O3/c1-15-10-22(36-35-15)33-21-11-20(38)24(29)25(34-21)17-6-8-27(40-3,9-7-17)26(39)32-16(2)18-4-5-23(30-12-18)37-14-19(28)13-31-37/h4-5,10-14,16-17H,6-9,29H2,1-3H3,(H,32,39)(H3,33,34,35,36,38)/t16-,17-,27+/m0/s1. The molecule has 1 saturated carbocycles. The van der Waals surface area contributed by atoms with Crippen LogP contribution in [-0.2, 0) is 9.53 Å². The second kappa shape index (κ2) is 10.9. The number of carbonyl (C=O) groups excluding carboxylic acids is 1. The summed E-state index contributed by atoms with van der Waals surface area (Å²) in [6.45, 7) is 3.75. The third kappa shape index (κ3) is 5.45. The topological polar surface area (TPSA) is 169 Å². The van der Waals surface area contributed by atoms with Crippen molar-refractivity contribution in [2.75, 3.05) is 18.2 Å². The minimum atomic E-state index is -1.01. The monoisotopic (exact) mass is 549 g/mol. The van der Waals surface area contributed by atoms with Crippen molar-refractivity contribution >= 4 is 23.2 Å². The van der Waals surface area contributed by atoms with Gasteiger partial charge in [0.2, 0.25) is 0 Å². The molecule has 5 rings (SSSR count). The molecule has 4 aromatic rings. The first-order valence-corrected chi connectivity index (χ1v) is 13.0. The Morgan fingerprint density at radius 3 is 2.65 bits per heavy atom. The number of pyridine rings is 2. The average molecular weight is 550 g/mol. The minimum Gasteiger partial charge on any atom is -0.506 e. The summed E-state index contributed by atoms with van der Waals surface area (Å²) in [4.78, 5) is 22.4. The summed E-state index contributed by atoms with van der Waals surface area (Å²) < 4.78 is 20.4. The number of hydrogen-bond acceptors (Lipinski definition) is 9. The number of aryl methyl sites for hydroxylation is 1. The fourth-order valence-electron chi connectivity index (χ4n) is 5.06. The van der Waals surface area contributed by atoms with E-state index < -0.39 is 11.4 Å². The van der Waals surface area contributed by atoms with Gasteiger partial charge in [0.1, 0.15) is 17.2 Å². The molecule has 1 atom stereocenters. The van der Waals surface area contributed by atoms with E-state index in [0.29, 0.717) is 48.8 Å². The molecule has 0 bridgehead atoms. The Morgan fingerprint density at radius 2 is 2.05 bits per heavy atom. The quantitative estimate of drug-likeness (QED) is 0.219. The molecular weight excluding hydrogens is 517 g/mol. The number of aromatic hydroxyl groups is 1. The zero-order valence-electron chi connectivity index (χ0n) is 22.5. The number of carbonyl (C=O) groups is 1. The van der Waals surface area contributed by atoms with E-state index in [1.54, 1.807) is 19.4 Å². The summed E-state index contributed by atoms with van der Waals surface area (Å²) >= 11 is 0. The summed E-state index contributed by atoms with van der Waals surface area (Å²) in [5, 5.41) is 27.5. The third-order valence-electron chi connectivity index (χ3n) is 7.42. The number of nitrogens with zero attached hydrogens (tertiary/aromatic N) is 5. The van der Waals surface area contributed by atoms with Crippen molar-refractivity contribution in [3.05, 3.63) is 65.6 Å². The Hall–Kier alpha value is -4.52. The first-order chi connectivity index (χ1) is 19.2. The lowest BCUT2D eigenvalue weighted by Crippen LogP contribution is -2.50. The Bertz CT molecular complexity index is 1490. The highest BCUT2D eigenvalue weighted by atomic mass is 19.1. The van der Waals surface area contributed by atoms with E-state index >= 15 is 0 Å². The molecule has 4 aromatic heterocycles. The zero-order valence-corrected chi connectivity index (χ0v) is 22.5. The van der Waals surface area contributed by atoms with E-state index in [1.165, 1.54) is 16.9 Å². The van der Waals surface area contributed by atoms with Gasteiger partial charge < -0.3 is 26.2 Å². The molecule has 4 heterocycles. The maximum Gasteiger partial charge on any atom is 0.252 e. The van der Waals surface area contributed by atoms with E-state index in [0.717, 1.165) is 17.5 Å². The van der Waals surface area contributed by atoms with E-state index in [9.17, 15) is 14.3 Å². The van der Waals surface area contributed by atoms with Gasteiger partial charge in [0.25, 0.3) is 5.91 Å². The molecule has 0 spiro atoms. The third-order valence-corrected chi connectivity index (χ3v) is 7.42. The fourth-order valence-corrected chi connectivity index (χ4v) is 5.06. The van der Waals surface area contributed by atoms with Gasteiger partial charge in [0.15, 0.2) is 17.5 Å². The SMILES string of the molecule is CO[C@]1(C(=O)N[C@@H](C)c2ccc(-n3cc(F)cn3)nc2)CC[C@H](c2nc(Nc3cc(C)[nH]n3)cc(O)c2N)CC1. The van der Waals surface area contributed by atoms with E-state index in [-0.39, 0.29) is 29.3 Å². The molecule has 0 radical (unpaired) electrons. The van der Waals surface area contributed by atoms with Crippen LogP contribution in [0, 0.1) is 12.7 Å². The fraction of sp³-hybridized carbons (Fsp3) is 0.370. The van der Waals surface area contributed by atoms with Crippen LogP contribution in [-0.4, -0.2) is 53.7 Å². The molecule has 1 aliphatic carbocycles. The number of rotatable bonds is 8. The average Bonchev–Trinajstić information content (AvgIpc) is 3.58. The Kier molecular flexibility index (Phi) is 7.39. The summed E-state index contributed by atoms with van der Waals surface area (Å²) in [5.41, 5.74) is 7.69. The van der Waals surface area contributed by atoms with Crippen LogP contribution in [0.4, 0.5) is 21.7 Å². The number of aromatic nitrogens is 6. The highest BCUT2D eigenvalue weighted by molar-refractivity contribution is 5.85. The van der Waals surface area contributed by atoms with Crippen LogP contribution in [0.3, 0.4) is 0 Å². The highest BCUT2D eigenvalue weighted by Gasteiger charge is 2.43. The molecule has 13 heteroatoms. The molecule has 12 nitrogen and oxygen atoms in total. The lowest BCUT2D eigenvalue weighted by Gasteiger charge is -2.38. The van der Waals surface area contributed by atoms with Gasteiger partial charge in [-0.25, -0.2) is 19.0 Å². The number of anilines is 3. The smallest absolute Gasteiger partial charge is 0.252 e. The number of hydrogen-bond donors (Lipinski definition) is 5. The second-order valence-corrected chi connectivity index (χ2v) is 10.1. The number of amides is 1. The normalized spacial score (nSPS) is 19.8. The van der Waals surface area contributed by atoms with Gasteiger partial charge in [-0.15, -0.1) is 0 Å². The van der Waals surface area contributed by atoms with Gasteiger partial charge in [-0.1, -0.05) is 6.07 Å². The number of methoxy groups -OCH3 is 1. The number of aromatic amines is 1. The summed E-state index contributed by atoms with van der Waals surface area (Å²) in [6, 6.07) is 6.48. The summed E-state index contributed by atoms with van der Waals surface area (Å²) in [7, 11) is 1.54. The van der Waals surface area contributed by atoms with Crippen LogP contribution in [0.2, 0.25) is 0 Å². The lowest BCUT2D eigenvalue weighted by molar-refractivity contribution is -0.148. The molecule has 40 heavy (non-hydrogen) atoms. The van der Waals surface area contributed by atoms with Crippen molar-refractivity contribution < 1.29 is 19.0 Å². The predicted octanol–water partition coefficient (Wildman–Crippen LogP) is 3.78. The van der Waals surface area contributed by atoms with Crippen LogP contribution in [0.15, 0.2) is 42.9 Å². The van der Waals surface area contributed by atoms with Gasteiger partial charge >= 0.3 is 0 Å². The highest BCUT2D eigenvalue weighted by Crippen LogP contribution is 2.43. The van der Waals surface area contributed by atoms with Gasteiger partial charge in [-0.2, -0.15) is 10.2 Å². The number of nitrogen functional groups attached to an aromatic ring is 1. The molecule has 6 N–H and O–H groups in total. The number of ether oxygens (including phenoxy) is 1. The number of nitrogens with two attached hydrogens (primary N) is 1. The van der Waals surface area contributed by atoms with Gasteiger partial charge in [0.05, 0.1) is 29.8 Å². The first-order valence-electron chi connectivity index (χ1n) is 13.0. The van der Waals surface area contributed by atoms with Crippen LogP contribution < -0.4 is 16.4 Å². The van der Waals surface area contributed by atoms with Crippen LogP contribution in [0.1, 0.15) is 61.5 Å². The van der Waals surface area contributed by atoms with Crippen molar-refractivity contribution in [3.63, 3.8) is 0 Å². The van der Waals surface area contributed by atoms with Gasteiger partial charge in [-0.05, 0) is 51.2 Å². The van der Waals surface area contributed by atoms with E-state index in [2.05, 4.69) is 35.9 Å². The van der Waals surface area contributed by atoms with Crippen molar-refractivity contribution in [2.24, 2.45) is 0 Å². The van der Waals surface area contributed by atoms with Crippen molar-refractivity contribution in [1.29, 1.82) is 0 Å². The molecule has 1 amide bonds. The number of H-pyrrole nitrogens is 1. The second-order valence-electron chi connectivity index (χ2n) is 10.1. The largest absolute Gasteiger partial charge is 0.506 e. The first kappa shape index (κ1) is 27.1. The molecule has 0 aliphatic heterocycles. The van der Waals surface area contributed by atoms with Crippen LogP contribution in [0.25, 0.3) is 5.82 Å². The van der Waals surface area contributed by atoms with Crippen LogP contribution in [0.5, 0.6) is 5.75 Å². The summed E-state index contributed by atoms with van der Waals surface area (Å²) in [6.07, 6.45) is 6.06. The van der Waals surface area contributed by atoms with Crippen molar-refractivity contribution in [1.82, 2.24) is 35.3 Å².